The van der Waals surface area contributed by atoms with Gasteiger partial charge in [-0.2, -0.15) is 0 Å². The Morgan fingerprint density at radius 3 is 2.45 bits per heavy atom. The SMILES string of the molecule is Cl.NC1CCN(c2cc(C(=O)O)nc(C3CC3)n2)CC1. The molecule has 2 fully saturated rings. The van der Waals surface area contributed by atoms with Gasteiger partial charge in [-0.3, -0.25) is 0 Å². The molecular formula is C13H19ClN4O2. The third kappa shape index (κ3) is 3.19. The van der Waals surface area contributed by atoms with E-state index < -0.39 is 5.97 Å². The Labute approximate surface area is 123 Å². The van der Waals surface area contributed by atoms with Gasteiger partial charge in [0.2, 0.25) is 0 Å². The fourth-order valence-electron chi connectivity index (χ4n) is 2.38. The summed E-state index contributed by atoms with van der Waals surface area (Å²) in [6, 6.07) is 1.82. The Morgan fingerprint density at radius 2 is 1.90 bits per heavy atom. The lowest BCUT2D eigenvalue weighted by Gasteiger charge is -2.31. The van der Waals surface area contributed by atoms with Crippen LogP contribution >= 0.6 is 12.4 Å². The van der Waals surface area contributed by atoms with Gasteiger partial charge in [0.1, 0.15) is 11.6 Å². The first-order valence-electron chi connectivity index (χ1n) is 6.76. The Morgan fingerprint density at radius 1 is 1.25 bits per heavy atom. The summed E-state index contributed by atoms with van der Waals surface area (Å²) >= 11 is 0. The number of halogens is 1. The van der Waals surface area contributed by atoms with Crippen molar-refractivity contribution in [3.05, 3.63) is 17.6 Å². The molecule has 6 nitrogen and oxygen atoms in total. The van der Waals surface area contributed by atoms with Crippen LogP contribution in [-0.4, -0.2) is 40.2 Å². The van der Waals surface area contributed by atoms with Crippen LogP contribution in [0.2, 0.25) is 0 Å². The molecule has 1 saturated heterocycles. The maximum atomic E-state index is 11.2. The van der Waals surface area contributed by atoms with Crippen LogP contribution in [-0.2, 0) is 0 Å². The first kappa shape index (κ1) is 15.0. The van der Waals surface area contributed by atoms with Gasteiger partial charge in [-0.1, -0.05) is 0 Å². The van der Waals surface area contributed by atoms with E-state index in [0.717, 1.165) is 44.6 Å². The lowest BCUT2D eigenvalue weighted by Crippen LogP contribution is -2.40. The van der Waals surface area contributed by atoms with Gasteiger partial charge < -0.3 is 15.7 Å². The van der Waals surface area contributed by atoms with Crippen molar-refractivity contribution in [2.24, 2.45) is 5.73 Å². The zero-order chi connectivity index (χ0) is 13.4. The summed E-state index contributed by atoms with van der Waals surface area (Å²) in [6.07, 6.45) is 3.97. The molecule has 0 bridgehead atoms. The zero-order valence-corrected chi connectivity index (χ0v) is 12.0. The highest BCUT2D eigenvalue weighted by Gasteiger charge is 2.29. The van der Waals surface area contributed by atoms with E-state index in [1.54, 1.807) is 6.07 Å². The van der Waals surface area contributed by atoms with Gasteiger partial charge in [-0.15, -0.1) is 12.4 Å². The molecule has 1 aliphatic carbocycles. The fraction of sp³-hybridized carbons (Fsp3) is 0.615. The van der Waals surface area contributed by atoms with E-state index in [0.29, 0.717) is 11.7 Å². The van der Waals surface area contributed by atoms with E-state index >= 15 is 0 Å². The molecule has 1 aromatic heterocycles. The van der Waals surface area contributed by atoms with Crippen LogP contribution in [0.25, 0.3) is 0 Å². The minimum Gasteiger partial charge on any atom is -0.477 e. The molecule has 20 heavy (non-hydrogen) atoms. The number of rotatable bonds is 3. The Bertz CT molecular complexity index is 499. The molecule has 3 N–H and O–H groups in total. The lowest BCUT2D eigenvalue weighted by atomic mass is 10.1. The van der Waals surface area contributed by atoms with Crippen molar-refractivity contribution in [3.8, 4) is 0 Å². The number of aromatic nitrogens is 2. The highest BCUT2D eigenvalue weighted by atomic mass is 35.5. The number of hydrogen-bond acceptors (Lipinski definition) is 5. The number of piperidine rings is 1. The molecule has 110 valence electrons. The Balaban J connectivity index is 0.00000147. The average Bonchev–Trinajstić information content (AvgIpc) is 3.23. The number of carbonyl (C=O) groups is 1. The summed E-state index contributed by atoms with van der Waals surface area (Å²) in [6.45, 7) is 1.67. The number of nitrogens with two attached hydrogens (primary N) is 1. The highest BCUT2D eigenvalue weighted by Crippen LogP contribution is 2.38. The van der Waals surface area contributed by atoms with Crippen LogP contribution in [0.15, 0.2) is 6.07 Å². The highest BCUT2D eigenvalue weighted by molar-refractivity contribution is 5.86. The first-order chi connectivity index (χ1) is 9.13. The summed E-state index contributed by atoms with van der Waals surface area (Å²) in [4.78, 5) is 21.9. The van der Waals surface area contributed by atoms with E-state index in [4.69, 9.17) is 10.8 Å². The van der Waals surface area contributed by atoms with Crippen molar-refractivity contribution in [1.29, 1.82) is 0 Å². The fourth-order valence-corrected chi connectivity index (χ4v) is 2.38. The Kier molecular flexibility index (Phi) is 4.45. The summed E-state index contributed by atoms with van der Waals surface area (Å²) in [5.74, 6) is 0.787. The van der Waals surface area contributed by atoms with E-state index in [1.165, 1.54) is 0 Å². The monoisotopic (exact) mass is 298 g/mol. The second kappa shape index (κ2) is 5.93. The van der Waals surface area contributed by atoms with Crippen molar-refractivity contribution >= 4 is 24.2 Å². The molecule has 1 aromatic rings. The molecular weight excluding hydrogens is 280 g/mol. The van der Waals surface area contributed by atoms with E-state index in [1.807, 2.05) is 0 Å². The molecule has 1 saturated carbocycles. The van der Waals surface area contributed by atoms with Crippen LogP contribution in [0.1, 0.15) is 47.9 Å². The van der Waals surface area contributed by atoms with Crippen molar-refractivity contribution in [2.45, 2.75) is 37.6 Å². The molecule has 3 rings (SSSR count). The number of carboxylic acid groups (broad SMARTS) is 1. The summed E-state index contributed by atoms with van der Waals surface area (Å²) in [5, 5.41) is 9.15. The standard InChI is InChI=1S/C13H18N4O2.ClH/c14-9-3-5-17(6-4-9)11-7-10(13(18)19)15-12(16-11)8-1-2-8;/h7-9H,1-6,14H2,(H,18,19);1H. The first-order valence-corrected chi connectivity index (χ1v) is 6.76. The predicted octanol–water partition coefficient (Wildman–Crippen LogP) is 1.40. The molecule has 7 heteroatoms. The molecule has 0 aromatic carbocycles. The second-order valence-corrected chi connectivity index (χ2v) is 5.37. The molecule has 1 aliphatic heterocycles. The van der Waals surface area contributed by atoms with Crippen LogP contribution in [0.5, 0.6) is 0 Å². The number of anilines is 1. The average molecular weight is 299 g/mol. The van der Waals surface area contributed by atoms with Crippen molar-refractivity contribution in [1.82, 2.24) is 9.97 Å². The quantitative estimate of drug-likeness (QED) is 0.876. The van der Waals surface area contributed by atoms with Gasteiger partial charge in [0.05, 0.1) is 0 Å². The number of hydrogen-bond donors (Lipinski definition) is 2. The van der Waals surface area contributed by atoms with Crippen molar-refractivity contribution in [2.75, 3.05) is 18.0 Å². The minimum absolute atomic E-state index is 0. The van der Waals surface area contributed by atoms with Crippen molar-refractivity contribution in [3.63, 3.8) is 0 Å². The van der Waals surface area contributed by atoms with Gasteiger partial charge in [-0.05, 0) is 25.7 Å². The smallest absolute Gasteiger partial charge is 0.354 e. The minimum atomic E-state index is -0.987. The molecule has 0 radical (unpaired) electrons. The van der Waals surface area contributed by atoms with Gasteiger partial charge in [0.25, 0.3) is 0 Å². The van der Waals surface area contributed by atoms with E-state index in [9.17, 15) is 4.79 Å². The molecule has 2 heterocycles. The van der Waals surface area contributed by atoms with Crippen LogP contribution in [0, 0.1) is 0 Å². The maximum absolute atomic E-state index is 11.2. The number of aromatic carboxylic acids is 1. The van der Waals surface area contributed by atoms with Gasteiger partial charge in [0, 0.05) is 31.1 Å². The number of nitrogens with zero attached hydrogens (tertiary/aromatic N) is 3. The predicted molar refractivity (Wildman–Crippen MR) is 77.6 cm³/mol. The molecule has 2 aliphatic rings. The molecule has 0 spiro atoms. The summed E-state index contributed by atoms with van der Waals surface area (Å²) in [5.41, 5.74) is 5.99. The lowest BCUT2D eigenvalue weighted by molar-refractivity contribution is 0.0690. The van der Waals surface area contributed by atoms with Crippen molar-refractivity contribution < 1.29 is 9.90 Å². The third-order valence-corrected chi connectivity index (χ3v) is 3.76. The van der Waals surface area contributed by atoms with E-state index in [2.05, 4.69) is 14.9 Å². The maximum Gasteiger partial charge on any atom is 0.354 e. The molecule has 0 amide bonds. The zero-order valence-electron chi connectivity index (χ0n) is 11.2. The Hall–Kier alpha value is -1.40. The topological polar surface area (TPSA) is 92.3 Å². The normalized spacial score (nSPS) is 19.6. The molecule has 0 unspecified atom stereocenters. The van der Waals surface area contributed by atoms with Gasteiger partial charge in [0.15, 0.2) is 5.69 Å². The van der Waals surface area contributed by atoms with Crippen LogP contribution in [0.4, 0.5) is 5.82 Å². The van der Waals surface area contributed by atoms with Crippen LogP contribution in [0.3, 0.4) is 0 Å². The number of carboxylic acids is 1. The van der Waals surface area contributed by atoms with E-state index in [-0.39, 0.29) is 24.1 Å². The summed E-state index contributed by atoms with van der Waals surface area (Å²) < 4.78 is 0. The van der Waals surface area contributed by atoms with Crippen LogP contribution < -0.4 is 10.6 Å². The third-order valence-electron chi connectivity index (χ3n) is 3.76. The second-order valence-electron chi connectivity index (χ2n) is 5.37. The largest absolute Gasteiger partial charge is 0.477 e. The molecule has 0 atom stereocenters. The van der Waals surface area contributed by atoms with Gasteiger partial charge in [-0.25, -0.2) is 14.8 Å². The van der Waals surface area contributed by atoms with Gasteiger partial charge >= 0.3 is 5.97 Å². The summed E-state index contributed by atoms with van der Waals surface area (Å²) in [7, 11) is 0.